The van der Waals surface area contributed by atoms with Gasteiger partial charge in [0.25, 0.3) is 23.7 Å². The molecule has 4 fully saturated rings. The van der Waals surface area contributed by atoms with Gasteiger partial charge in [-0.15, -0.1) is 0 Å². The number of aromatic nitrogens is 4. The van der Waals surface area contributed by atoms with Gasteiger partial charge in [0, 0.05) is 107 Å². The summed E-state index contributed by atoms with van der Waals surface area (Å²) >= 11 is 12.9. The molecule has 29 heteroatoms. The van der Waals surface area contributed by atoms with Crippen LogP contribution in [-0.2, 0) is 28.8 Å². The highest BCUT2D eigenvalue weighted by Crippen LogP contribution is 2.42. The molecule has 6 heterocycles. The van der Waals surface area contributed by atoms with Crippen molar-refractivity contribution in [1.82, 2.24) is 25.6 Å². The molecule has 2 saturated carbocycles. The van der Waals surface area contributed by atoms with Crippen LogP contribution >= 0.6 is 23.2 Å². The Morgan fingerprint density at radius 3 is 1.45 bits per heavy atom. The van der Waals surface area contributed by atoms with Crippen molar-refractivity contribution >= 4 is 93.5 Å². The van der Waals surface area contributed by atoms with Crippen LogP contribution < -0.4 is 46.4 Å². The zero-order valence-electron chi connectivity index (χ0n) is 44.1. The van der Waals surface area contributed by atoms with Gasteiger partial charge in [-0.3, -0.25) is 62.9 Å². The standard InChI is InChI=1S/C28H24ClF3N6O5.C28H24ClF3N6O4/c29-20-4-2-1-3-19(20)24(26(41)35-17-11-28(31,32)12-17)37(18-10-16(30)13-36(43)14-18)27(42)21-5-6-23(39)38(21)22-9-15(25(33)40)7-8-34-22;29-20-4-2-1-3-19(20)24(26(41)36-17-11-28(31,32)12-17)37(18-10-16(30)13-34-14-18)27(42)21-5-6-23(39)38(21)22-9-15(25(33)40)7-8-35-22/h1-4,7-10,13-14,17,21,24H,5-6,11-12H2,(H2,33,40)(H,35,41);1-4,7-10,13-14,17,21,24H,5-6,11-12H2,(H2,33,40)(H,36,41)/t2*21-,24?/m00/s1. The van der Waals surface area contributed by atoms with Gasteiger partial charge in [-0.1, -0.05) is 59.6 Å². The number of nitrogens with zero attached hydrogens (tertiary/aromatic N) is 8. The Morgan fingerprint density at radius 2 is 1.05 bits per heavy atom. The number of nitrogens with two attached hydrogens (primary N) is 2. The molecule has 6 N–H and O–H groups in total. The number of alkyl halides is 4. The molecule has 442 valence electrons. The van der Waals surface area contributed by atoms with Crippen LogP contribution in [0.25, 0.3) is 0 Å². The number of anilines is 4. The van der Waals surface area contributed by atoms with E-state index < -0.39 is 133 Å². The number of primary amides is 2. The first-order valence-electron chi connectivity index (χ1n) is 26.0. The molecule has 0 bridgehead atoms. The van der Waals surface area contributed by atoms with Gasteiger partial charge < -0.3 is 27.3 Å². The van der Waals surface area contributed by atoms with E-state index in [1.165, 1.54) is 67.0 Å². The number of rotatable bonds is 16. The number of carbonyl (C=O) groups excluding carboxylic acids is 8. The Labute approximate surface area is 488 Å². The van der Waals surface area contributed by atoms with E-state index >= 15 is 0 Å². The van der Waals surface area contributed by atoms with Crippen LogP contribution in [0.15, 0.2) is 122 Å². The maximum absolute atomic E-state index is 14.6. The van der Waals surface area contributed by atoms with Gasteiger partial charge in [0.1, 0.15) is 47.3 Å². The third-order valence-corrected chi connectivity index (χ3v) is 15.0. The first-order valence-corrected chi connectivity index (χ1v) is 26.7. The normalized spacial score (nSPS) is 18.6. The van der Waals surface area contributed by atoms with Crippen LogP contribution in [0.1, 0.15) is 95.3 Å². The highest BCUT2D eigenvalue weighted by atomic mass is 35.5. The zero-order chi connectivity index (χ0) is 61.2. The van der Waals surface area contributed by atoms with Gasteiger partial charge in [0.15, 0.2) is 5.82 Å². The van der Waals surface area contributed by atoms with Crippen molar-refractivity contribution in [3.63, 3.8) is 0 Å². The molecule has 0 spiro atoms. The van der Waals surface area contributed by atoms with Crippen molar-refractivity contribution in [3.05, 3.63) is 171 Å². The van der Waals surface area contributed by atoms with Gasteiger partial charge in [-0.2, -0.15) is 4.73 Å². The average molecular weight is 1220 g/mol. The van der Waals surface area contributed by atoms with Gasteiger partial charge in [0.2, 0.25) is 47.8 Å². The van der Waals surface area contributed by atoms with E-state index in [9.17, 15) is 69.9 Å². The van der Waals surface area contributed by atoms with Gasteiger partial charge in [0.05, 0.1) is 18.1 Å². The molecule has 21 nitrogen and oxygen atoms in total. The summed E-state index contributed by atoms with van der Waals surface area (Å²) in [6.45, 7) is 0. The van der Waals surface area contributed by atoms with E-state index in [0.29, 0.717) is 6.20 Å². The molecule has 85 heavy (non-hydrogen) atoms. The van der Waals surface area contributed by atoms with Crippen LogP contribution in [-0.4, -0.2) is 98.2 Å². The summed E-state index contributed by atoms with van der Waals surface area (Å²) in [6.07, 6.45) is 3.26. The fraction of sp³-hybridized carbons (Fsp3) is 0.286. The summed E-state index contributed by atoms with van der Waals surface area (Å²) in [5.74, 6) is -14.0. The van der Waals surface area contributed by atoms with Gasteiger partial charge in [-0.25, -0.2) is 36.3 Å². The Kier molecular flexibility index (Phi) is 17.4. The van der Waals surface area contributed by atoms with Crippen LogP contribution in [0, 0.1) is 16.8 Å². The largest absolute Gasteiger partial charge is 0.619 e. The second-order valence-corrected chi connectivity index (χ2v) is 21.1. The van der Waals surface area contributed by atoms with Gasteiger partial charge >= 0.3 is 0 Å². The fourth-order valence-electron chi connectivity index (χ4n) is 10.4. The van der Waals surface area contributed by atoms with E-state index in [1.54, 1.807) is 18.2 Å². The first-order chi connectivity index (χ1) is 40.3. The number of pyridine rings is 4. The minimum atomic E-state index is -2.97. The predicted molar refractivity (Wildman–Crippen MR) is 292 cm³/mol. The topological polar surface area (TPSA) is 291 Å². The summed E-state index contributed by atoms with van der Waals surface area (Å²) < 4.78 is 83.5. The third-order valence-electron chi connectivity index (χ3n) is 14.4. The fourth-order valence-corrected chi connectivity index (χ4v) is 10.9. The molecule has 8 amide bonds. The van der Waals surface area contributed by atoms with Crippen LogP contribution in [0.4, 0.5) is 49.4 Å². The van der Waals surface area contributed by atoms with Crippen molar-refractivity contribution < 1.29 is 69.4 Å². The molecule has 2 aromatic carbocycles. The van der Waals surface area contributed by atoms with Crippen molar-refractivity contribution in [2.24, 2.45) is 11.5 Å². The summed E-state index contributed by atoms with van der Waals surface area (Å²) in [5.41, 5.74) is 10.5. The summed E-state index contributed by atoms with van der Waals surface area (Å²) in [6, 6.07) is 11.4. The molecule has 2 unspecified atom stereocenters. The van der Waals surface area contributed by atoms with E-state index in [-0.39, 0.29) is 85.7 Å². The highest BCUT2D eigenvalue weighted by molar-refractivity contribution is 6.32. The number of hydrogen-bond donors (Lipinski definition) is 4. The number of halogens is 8. The second-order valence-electron chi connectivity index (χ2n) is 20.3. The molecular formula is C56H48Cl2F6N12O9. The molecular weight excluding hydrogens is 1170 g/mol. The van der Waals surface area contributed by atoms with E-state index in [4.69, 9.17) is 34.7 Å². The molecule has 2 saturated heterocycles. The Hall–Kier alpha value is -9.24. The second kappa shape index (κ2) is 24.5. The number of benzene rings is 2. The minimum absolute atomic E-state index is 0.00883. The van der Waals surface area contributed by atoms with Crippen molar-refractivity contribution in [1.29, 1.82) is 0 Å². The molecule has 2 aliphatic heterocycles. The number of amides is 8. The van der Waals surface area contributed by atoms with Crippen molar-refractivity contribution in [2.45, 2.75) is 99.5 Å². The Morgan fingerprint density at radius 1 is 0.624 bits per heavy atom. The molecule has 2 aliphatic carbocycles. The minimum Gasteiger partial charge on any atom is -0.619 e. The molecule has 4 aliphatic rings. The SMILES string of the molecule is NC(=O)c1ccnc(N2C(=O)CC[C@H]2C(=O)N(c2cc(F)c[n+]([O-])c2)C(C(=O)NC2CC(F)(F)C2)c2ccccc2Cl)c1.NC(=O)c1ccnc(N2C(=O)CC[C@H]2C(=O)N(c2cncc(F)c2)C(C(=O)NC2CC(F)(F)C2)c2ccccc2Cl)c1. The van der Waals surface area contributed by atoms with Crippen LogP contribution in [0.5, 0.6) is 0 Å². The van der Waals surface area contributed by atoms with Crippen LogP contribution in [0.2, 0.25) is 10.0 Å². The number of carbonyl (C=O) groups is 8. The summed E-state index contributed by atoms with van der Waals surface area (Å²) in [5, 5.41) is 17.5. The maximum Gasteiger partial charge on any atom is 0.252 e. The molecule has 10 rings (SSSR count). The number of hydrogen-bond acceptors (Lipinski definition) is 12. The Balaban J connectivity index is 0.000000204. The maximum atomic E-state index is 14.6. The van der Waals surface area contributed by atoms with E-state index in [1.807, 2.05) is 0 Å². The Bertz CT molecular complexity index is 3630. The average Bonchev–Trinajstić information content (AvgIpc) is 2.48. The smallest absolute Gasteiger partial charge is 0.252 e. The highest BCUT2D eigenvalue weighted by Gasteiger charge is 2.51. The lowest BCUT2D eigenvalue weighted by Crippen LogP contribution is -2.56. The lowest BCUT2D eigenvalue weighted by Gasteiger charge is -2.39. The zero-order valence-corrected chi connectivity index (χ0v) is 45.6. The van der Waals surface area contributed by atoms with Crippen molar-refractivity contribution in [2.75, 3.05) is 19.6 Å². The predicted octanol–water partition coefficient (Wildman–Crippen LogP) is 6.34. The summed E-state index contributed by atoms with van der Waals surface area (Å²) in [4.78, 5) is 122. The lowest BCUT2D eigenvalue weighted by molar-refractivity contribution is -0.606. The molecule has 4 aromatic heterocycles. The van der Waals surface area contributed by atoms with E-state index in [2.05, 4.69) is 25.6 Å². The van der Waals surface area contributed by atoms with E-state index in [0.717, 1.165) is 50.3 Å². The monoisotopic (exact) mass is 1220 g/mol. The van der Waals surface area contributed by atoms with Crippen LogP contribution in [0.3, 0.4) is 0 Å². The van der Waals surface area contributed by atoms with Crippen molar-refractivity contribution in [3.8, 4) is 0 Å². The molecule has 4 atom stereocenters. The lowest BCUT2D eigenvalue weighted by atomic mass is 9.87. The first kappa shape index (κ1) is 60.4. The number of nitrogens with one attached hydrogen (secondary N) is 2. The van der Waals surface area contributed by atoms with Gasteiger partial charge in [-0.05, 0) is 49.2 Å². The third kappa shape index (κ3) is 13.3. The summed E-state index contributed by atoms with van der Waals surface area (Å²) in [7, 11) is 0. The quantitative estimate of drug-likeness (QED) is 0.0469. The molecule has 0 radical (unpaired) electrons. The molecule has 6 aromatic rings.